The minimum atomic E-state index is -1.18. The number of rotatable bonds is 6. The topological polar surface area (TPSA) is 49.3 Å². The molecule has 0 saturated heterocycles. The summed E-state index contributed by atoms with van der Waals surface area (Å²) in [5.74, 6) is 0.0441. The zero-order valence-electron chi connectivity index (χ0n) is 14.3. The zero-order valence-corrected chi connectivity index (χ0v) is 16.8. The Morgan fingerprint density at radius 2 is 1.88 bits per heavy atom. The lowest BCUT2D eigenvalue weighted by Gasteiger charge is -2.31. The second-order valence-electron chi connectivity index (χ2n) is 6.80. The van der Waals surface area contributed by atoms with E-state index in [2.05, 4.69) is 11.4 Å². The van der Waals surface area contributed by atoms with E-state index in [0.29, 0.717) is 0 Å². The summed E-state index contributed by atoms with van der Waals surface area (Å²) in [6.07, 6.45) is 3.92. The maximum atomic E-state index is 13.2. The highest BCUT2D eigenvalue weighted by Gasteiger charge is 2.44. The molecule has 0 aromatic carbocycles. The van der Waals surface area contributed by atoms with Gasteiger partial charge in [-0.05, 0) is 52.6 Å². The summed E-state index contributed by atoms with van der Waals surface area (Å²) in [6, 6.07) is 9.88. The van der Waals surface area contributed by atoms with Crippen LogP contribution in [0.5, 0.6) is 0 Å². The lowest BCUT2D eigenvalue weighted by atomic mass is 9.83. The number of amides is 1. The summed E-state index contributed by atoms with van der Waals surface area (Å²) in [7, 11) is 0. The van der Waals surface area contributed by atoms with E-state index in [1.165, 1.54) is 11.3 Å². The van der Waals surface area contributed by atoms with Crippen LogP contribution in [-0.4, -0.2) is 17.6 Å². The summed E-state index contributed by atoms with van der Waals surface area (Å²) in [6.45, 7) is 0.191. The van der Waals surface area contributed by atoms with E-state index < -0.39 is 11.0 Å². The Kier molecular flexibility index (Phi) is 5.01. The van der Waals surface area contributed by atoms with Crippen LogP contribution in [0.15, 0.2) is 51.9 Å². The molecule has 0 unspecified atom stereocenters. The van der Waals surface area contributed by atoms with E-state index in [1.54, 1.807) is 22.7 Å². The first kappa shape index (κ1) is 17.9. The van der Waals surface area contributed by atoms with E-state index in [9.17, 15) is 9.90 Å². The molecule has 4 rings (SSSR count). The van der Waals surface area contributed by atoms with E-state index in [0.717, 1.165) is 41.0 Å². The largest absolute Gasteiger partial charge is 0.378 e. The van der Waals surface area contributed by atoms with Gasteiger partial charge in [0, 0.05) is 15.3 Å². The Hall–Kier alpha value is -1.47. The Morgan fingerprint density at radius 1 is 1.12 bits per heavy atom. The van der Waals surface area contributed by atoms with Gasteiger partial charge in [0.25, 0.3) is 0 Å². The van der Waals surface area contributed by atoms with Gasteiger partial charge in [-0.3, -0.25) is 4.79 Å². The first-order chi connectivity index (χ1) is 12.7. The van der Waals surface area contributed by atoms with Crippen molar-refractivity contribution in [3.05, 3.63) is 67.2 Å². The number of carbonyl (C=O) groups excluding carboxylic acids is 1. The van der Waals surface area contributed by atoms with Crippen LogP contribution < -0.4 is 5.32 Å². The summed E-state index contributed by atoms with van der Waals surface area (Å²) in [5.41, 5.74) is -0.778. The molecule has 1 amide bonds. The van der Waals surface area contributed by atoms with Crippen molar-refractivity contribution >= 4 is 39.9 Å². The normalized spacial score (nSPS) is 18.5. The van der Waals surface area contributed by atoms with Crippen LogP contribution in [0, 0.1) is 0 Å². The minimum absolute atomic E-state index is 0.0441. The lowest BCUT2D eigenvalue weighted by Crippen LogP contribution is -2.48. The fraction of sp³-hybridized carbons (Fsp3) is 0.350. The van der Waals surface area contributed by atoms with Crippen molar-refractivity contribution < 1.29 is 9.90 Å². The third-order valence-corrected chi connectivity index (χ3v) is 8.10. The Morgan fingerprint density at radius 3 is 2.50 bits per heavy atom. The van der Waals surface area contributed by atoms with Gasteiger partial charge in [0.2, 0.25) is 5.91 Å². The van der Waals surface area contributed by atoms with Crippen molar-refractivity contribution in [1.29, 1.82) is 0 Å². The number of aliphatic hydroxyl groups is 1. The van der Waals surface area contributed by atoms with E-state index >= 15 is 0 Å². The first-order valence-electron chi connectivity index (χ1n) is 8.76. The van der Waals surface area contributed by atoms with Crippen LogP contribution in [-0.2, 0) is 15.8 Å². The number of carbonyl (C=O) groups is 1. The van der Waals surface area contributed by atoms with Crippen molar-refractivity contribution in [3.63, 3.8) is 0 Å². The molecule has 136 valence electrons. The van der Waals surface area contributed by atoms with E-state index in [-0.39, 0.29) is 12.5 Å². The average Bonchev–Trinajstić information content (AvgIpc) is 3.45. The van der Waals surface area contributed by atoms with Crippen LogP contribution in [0.2, 0.25) is 0 Å². The molecule has 1 atom stereocenters. The fourth-order valence-electron chi connectivity index (χ4n) is 3.84. The molecule has 3 aromatic heterocycles. The maximum Gasteiger partial charge on any atom is 0.231 e. The molecule has 0 aliphatic heterocycles. The van der Waals surface area contributed by atoms with Gasteiger partial charge in [0.05, 0.1) is 12.0 Å². The number of hydrogen-bond donors (Lipinski definition) is 2. The second-order valence-corrected chi connectivity index (χ2v) is 9.47. The van der Waals surface area contributed by atoms with E-state index in [1.807, 2.05) is 45.8 Å². The third-order valence-electron chi connectivity index (χ3n) is 5.32. The SMILES string of the molecule is O=C(NC[C@@](O)(c1ccsc1)c1cccs1)C1(c2cccs2)CCCC1. The molecule has 2 N–H and O–H groups in total. The molecule has 0 bridgehead atoms. The van der Waals surface area contributed by atoms with Crippen molar-refractivity contribution in [2.24, 2.45) is 0 Å². The quantitative estimate of drug-likeness (QED) is 0.625. The minimum Gasteiger partial charge on any atom is -0.378 e. The Balaban J connectivity index is 1.59. The van der Waals surface area contributed by atoms with Crippen molar-refractivity contribution in [2.75, 3.05) is 6.54 Å². The molecule has 0 radical (unpaired) electrons. The van der Waals surface area contributed by atoms with Crippen LogP contribution >= 0.6 is 34.0 Å². The number of thiophene rings is 3. The van der Waals surface area contributed by atoms with Crippen molar-refractivity contribution in [2.45, 2.75) is 36.7 Å². The molecule has 3 heterocycles. The number of nitrogens with one attached hydrogen (secondary N) is 1. The molecule has 3 nitrogen and oxygen atoms in total. The predicted molar refractivity (Wildman–Crippen MR) is 109 cm³/mol. The number of hydrogen-bond acceptors (Lipinski definition) is 5. The van der Waals surface area contributed by atoms with Gasteiger partial charge in [-0.25, -0.2) is 0 Å². The van der Waals surface area contributed by atoms with Gasteiger partial charge in [-0.15, -0.1) is 22.7 Å². The molecular weight excluding hydrogens is 382 g/mol. The average molecular weight is 404 g/mol. The monoisotopic (exact) mass is 403 g/mol. The van der Waals surface area contributed by atoms with Gasteiger partial charge in [0.15, 0.2) is 0 Å². The van der Waals surface area contributed by atoms with Gasteiger partial charge < -0.3 is 10.4 Å². The van der Waals surface area contributed by atoms with Crippen LogP contribution in [0.3, 0.4) is 0 Å². The lowest BCUT2D eigenvalue weighted by molar-refractivity contribution is -0.127. The molecule has 1 saturated carbocycles. The predicted octanol–water partition coefficient (Wildman–Crippen LogP) is 4.74. The highest BCUT2D eigenvalue weighted by Crippen LogP contribution is 2.43. The van der Waals surface area contributed by atoms with Crippen molar-refractivity contribution in [1.82, 2.24) is 5.32 Å². The molecular formula is C20H21NO2S3. The zero-order chi connectivity index (χ0) is 18.0. The summed E-state index contributed by atoms with van der Waals surface area (Å²) in [4.78, 5) is 15.2. The molecule has 1 fully saturated rings. The first-order valence-corrected chi connectivity index (χ1v) is 11.5. The fourth-order valence-corrected chi connectivity index (χ4v) is 6.39. The molecule has 6 heteroatoms. The molecule has 26 heavy (non-hydrogen) atoms. The van der Waals surface area contributed by atoms with Crippen molar-refractivity contribution in [3.8, 4) is 0 Å². The molecule has 0 spiro atoms. The smallest absolute Gasteiger partial charge is 0.231 e. The van der Waals surface area contributed by atoms with Gasteiger partial charge in [0.1, 0.15) is 5.60 Å². The second kappa shape index (κ2) is 7.27. The Bertz CT molecular complexity index is 798. The molecule has 1 aliphatic rings. The maximum absolute atomic E-state index is 13.2. The highest BCUT2D eigenvalue weighted by atomic mass is 32.1. The van der Waals surface area contributed by atoms with E-state index in [4.69, 9.17) is 0 Å². The third kappa shape index (κ3) is 3.05. The summed E-state index contributed by atoms with van der Waals surface area (Å²) >= 11 is 4.73. The highest BCUT2D eigenvalue weighted by molar-refractivity contribution is 7.10. The summed E-state index contributed by atoms with van der Waals surface area (Å²) in [5, 5.41) is 22.5. The molecule has 3 aromatic rings. The molecule has 1 aliphatic carbocycles. The van der Waals surface area contributed by atoms with Crippen LogP contribution in [0.25, 0.3) is 0 Å². The van der Waals surface area contributed by atoms with Crippen LogP contribution in [0.1, 0.15) is 41.0 Å². The summed E-state index contributed by atoms with van der Waals surface area (Å²) < 4.78 is 0. The van der Waals surface area contributed by atoms with Gasteiger partial charge in [-0.1, -0.05) is 25.0 Å². The van der Waals surface area contributed by atoms with Gasteiger partial charge in [-0.2, -0.15) is 11.3 Å². The Labute approximate surface area is 165 Å². The van der Waals surface area contributed by atoms with Crippen LogP contribution in [0.4, 0.5) is 0 Å². The van der Waals surface area contributed by atoms with Gasteiger partial charge >= 0.3 is 0 Å². The standard InChI is InChI=1S/C20H21NO2S3/c22-18(19(8-1-2-9-19)16-5-3-10-25-16)21-14-20(23,15-7-12-24-13-15)17-6-4-11-26-17/h3-7,10-13,23H,1-2,8-9,14H2,(H,21,22)/t20-/m1/s1.